The summed E-state index contributed by atoms with van der Waals surface area (Å²) in [6, 6.07) is 49.3. The lowest BCUT2D eigenvalue weighted by atomic mass is 9.33. The van der Waals surface area contributed by atoms with Crippen LogP contribution in [0.25, 0.3) is 21.9 Å². The maximum atomic E-state index is 7.14. The van der Waals surface area contributed by atoms with E-state index in [1.54, 1.807) is 0 Å². The molecule has 0 radical (unpaired) electrons. The van der Waals surface area contributed by atoms with Gasteiger partial charge in [0.05, 0.1) is 17.1 Å². The van der Waals surface area contributed by atoms with E-state index in [0.717, 1.165) is 61.8 Å². The van der Waals surface area contributed by atoms with Gasteiger partial charge in [-0.15, -0.1) is 0 Å². The van der Waals surface area contributed by atoms with Gasteiger partial charge < -0.3 is 14.2 Å². The molecular formula is C57H48BN3O. The van der Waals surface area contributed by atoms with Crippen LogP contribution in [0.1, 0.15) is 55.0 Å². The summed E-state index contributed by atoms with van der Waals surface area (Å²) in [7, 11) is 0. The number of aryl methyl sites for hydroxylation is 4. The molecule has 0 unspecified atom stereocenters. The second-order valence-electron chi connectivity index (χ2n) is 18.1. The lowest BCUT2D eigenvalue weighted by molar-refractivity contribution is 0.573. The molecule has 3 heterocycles. The van der Waals surface area contributed by atoms with Crippen molar-refractivity contribution in [1.29, 1.82) is 0 Å². The predicted molar refractivity (Wildman–Crippen MR) is 264 cm³/mol. The number of furan rings is 1. The SMILES string of the molecule is Cc1ccccc1N1c2cc(N(C3=CC=CCC#C3)c3cccc4c3oc3c(C(C)(C)C)cccc34)cc3c2B(c2cccc(C)c21)c1cccc(C)c1N3c1ccccc1C. The third-order valence-corrected chi connectivity index (χ3v) is 13.1. The molecule has 3 aliphatic rings. The zero-order valence-electron chi connectivity index (χ0n) is 36.5. The summed E-state index contributed by atoms with van der Waals surface area (Å²) < 4.78 is 7.14. The molecule has 0 N–H and O–H groups in total. The van der Waals surface area contributed by atoms with Crippen LogP contribution in [0.5, 0.6) is 0 Å². The Balaban J connectivity index is 1.30. The Hall–Kier alpha value is -7.16. The van der Waals surface area contributed by atoms with Crippen molar-refractivity contribution in [2.45, 2.75) is 60.3 Å². The van der Waals surface area contributed by atoms with E-state index in [-0.39, 0.29) is 12.1 Å². The zero-order valence-corrected chi connectivity index (χ0v) is 36.5. The van der Waals surface area contributed by atoms with Crippen LogP contribution in [0.4, 0.5) is 45.5 Å². The first-order chi connectivity index (χ1) is 30.1. The summed E-state index contributed by atoms with van der Waals surface area (Å²) in [6.45, 7) is 15.8. The number of fused-ring (bicyclic) bond motifs is 7. The van der Waals surface area contributed by atoms with Crippen LogP contribution in [-0.2, 0) is 5.41 Å². The van der Waals surface area contributed by atoms with Gasteiger partial charge in [-0.2, -0.15) is 0 Å². The van der Waals surface area contributed by atoms with Crippen LogP contribution in [0.3, 0.4) is 0 Å². The summed E-state index contributed by atoms with van der Waals surface area (Å²) in [5, 5.41) is 2.21. The number of hydrogen-bond donors (Lipinski definition) is 0. The number of rotatable bonds is 5. The van der Waals surface area contributed by atoms with Crippen molar-refractivity contribution in [3.05, 3.63) is 185 Å². The standard InChI is InChI=1S/C57H48BN3O/c1-36-20-12-14-31-47(36)60-50-34-41(59(40-24-10-8-9-11-25-40)49-33-19-27-43-42-26-18-28-44(57(5,6)7)55(42)62-56(43)49)35-51-52(50)58(45-29-16-22-38(3)53(45)60)46-30-17-23-39(4)54(46)61(51)48-32-15-13-21-37(48)2/h8,10,12-24,26-35H,9H2,1-7H3. The third kappa shape index (κ3) is 5.70. The van der Waals surface area contributed by atoms with Crippen LogP contribution in [0.2, 0.25) is 0 Å². The number of nitrogens with zero attached hydrogens (tertiary/aromatic N) is 3. The minimum absolute atomic E-state index is 0.00211. The van der Waals surface area contributed by atoms with E-state index >= 15 is 0 Å². The third-order valence-electron chi connectivity index (χ3n) is 13.1. The molecule has 0 amide bonds. The smallest absolute Gasteiger partial charge is 0.252 e. The first-order valence-corrected chi connectivity index (χ1v) is 21.8. The van der Waals surface area contributed by atoms with Gasteiger partial charge in [-0.3, -0.25) is 4.90 Å². The van der Waals surface area contributed by atoms with E-state index in [1.807, 2.05) is 0 Å². The van der Waals surface area contributed by atoms with E-state index in [9.17, 15) is 0 Å². The average molecular weight is 802 g/mol. The summed E-state index contributed by atoms with van der Waals surface area (Å²) in [4.78, 5) is 7.43. The molecule has 5 heteroatoms. The molecule has 0 saturated carbocycles. The molecule has 0 saturated heterocycles. The Morgan fingerprint density at radius 1 is 0.597 bits per heavy atom. The van der Waals surface area contributed by atoms with Crippen LogP contribution in [-0.4, -0.2) is 6.71 Å². The number of hydrogen-bond acceptors (Lipinski definition) is 4. The molecule has 7 aromatic carbocycles. The van der Waals surface area contributed by atoms with Crippen molar-refractivity contribution in [3.8, 4) is 11.8 Å². The highest BCUT2D eigenvalue weighted by Crippen LogP contribution is 2.50. The van der Waals surface area contributed by atoms with E-state index in [4.69, 9.17) is 4.42 Å². The maximum Gasteiger partial charge on any atom is 0.252 e. The first-order valence-electron chi connectivity index (χ1n) is 21.8. The number of anilines is 8. The molecular weight excluding hydrogens is 753 g/mol. The van der Waals surface area contributed by atoms with Gasteiger partial charge in [0, 0.05) is 56.9 Å². The highest BCUT2D eigenvalue weighted by molar-refractivity contribution is 7.00. The molecule has 11 rings (SSSR count). The van der Waals surface area contributed by atoms with Gasteiger partial charge in [0.2, 0.25) is 0 Å². The van der Waals surface area contributed by atoms with Crippen LogP contribution in [0.15, 0.2) is 162 Å². The van der Waals surface area contributed by atoms with Crippen molar-refractivity contribution in [2.24, 2.45) is 0 Å². The fourth-order valence-electron chi connectivity index (χ4n) is 10.3. The lowest BCUT2D eigenvalue weighted by Gasteiger charge is -2.46. The molecule has 0 spiro atoms. The summed E-state index contributed by atoms with van der Waals surface area (Å²) in [6.07, 6.45) is 7.11. The molecule has 1 aromatic heterocycles. The molecule has 0 bridgehead atoms. The second-order valence-corrected chi connectivity index (χ2v) is 18.1. The van der Waals surface area contributed by atoms with Crippen LogP contribution >= 0.6 is 0 Å². The molecule has 0 atom stereocenters. The highest BCUT2D eigenvalue weighted by atomic mass is 16.3. The zero-order chi connectivity index (χ0) is 42.4. The molecule has 8 aromatic rings. The Labute approximate surface area is 365 Å². The van der Waals surface area contributed by atoms with E-state index in [1.165, 1.54) is 55.6 Å². The quantitative estimate of drug-likeness (QED) is 0.128. The number of allylic oxidation sites excluding steroid dienone is 4. The van der Waals surface area contributed by atoms with Crippen molar-refractivity contribution < 1.29 is 4.42 Å². The van der Waals surface area contributed by atoms with Crippen molar-refractivity contribution >= 4 is 90.5 Å². The Kier molecular flexibility index (Phi) is 8.67. The minimum atomic E-state index is -0.105. The van der Waals surface area contributed by atoms with Gasteiger partial charge in [0.15, 0.2) is 5.58 Å². The summed E-state index contributed by atoms with van der Waals surface area (Å²) in [5.74, 6) is 7.07. The Bertz CT molecular complexity index is 3170. The van der Waals surface area contributed by atoms with Crippen molar-refractivity contribution in [3.63, 3.8) is 0 Å². The number of para-hydroxylation sites is 6. The van der Waals surface area contributed by atoms with Gasteiger partial charge in [-0.25, -0.2) is 0 Å². The molecule has 62 heavy (non-hydrogen) atoms. The van der Waals surface area contributed by atoms with Crippen LogP contribution < -0.4 is 31.1 Å². The van der Waals surface area contributed by atoms with Gasteiger partial charge in [-0.05, 0) is 114 Å². The minimum Gasteiger partial charge on any atom is -0.454 e. The summed E-state index contributed by atoms with van der Waals surface area (Å²) in [5.41, 5.74) is 21.6. The van der Waals surface area contributed by atoms with Gasteiger partial charge >= 0.3 is 0 Å². The Morgan fingerprint density at radius 3 is 1.74 bits per heavy atom. The molecule has 0 fully saturated rings. The molecule has 1 aliphatic carbocycles. The van der Waals surface area contributed by atoms with Gasteiger partial charge in [0.25, 0.3) is 6.71 Å². The average Bonchev–Trinajstić information content (AvgIpc) is 3.44. The lowest BCUT2D eigenvalue weighted by Crippen LogP contribution is -2.61. The fraction of sp³-hybridized carbons (Fsp3) is 0.158. The normalized spacial score (nSPS) is 13.9. The van der Waals surface area contributed by atoms with Gasteiger partial charge in [0.1, 0.15) is 5.58 Å². The van der Waals surface area contributed by atoms with Crippen LogP contribution in [0, 0.1) is 39.5 Å². The Morgan fingerprint density at radius 2 is 1.15 bits per heavy atom. The number of benzene rings is 7. The monoisotopic (exact) mass is 801 g/mol. The first kappa shape index (κ1) is 37.8. The molecule has 300 valence electrons. The molecule has 4 nitrogen and oxygen atoms in total. The second kappa shape index (κ2) is 14.2. The van der Waals surface area contributed by atoms with E-state index < -0.39 is 0 Å². The summed E-state index contributed by atoms with van der Waals surface area (Å²) >= 11 is 0. The van der Waals surface area contributed by atoms with E-state index in [2.05, 4.69) is 227 Å². The fourth-order valence-corrected chi connectivity index (χ4v) is 10.3. The van der Waals surface area contributed by atoms with E-state index in [0.29, 0.717) is 6.42 Å². The largest absolute Gasteiger partial charge is 0.454 e. The predicted octanol–water partition coefficient (Wildman–Crippen LogP) is 13.2. The highest BCUT2D eigenvalue weighted by Gasteiger charge is 2.45. The van der Waals surface area contributed by atoms with Gasteiger partial charge in [-0.1, -0.05) is 142 Å². The maximum absolute atomic E-state index is 7.14. The molecule has 2 aliphatic heterocycles. The van der Waals surface area contributed by atoms with Crippen molar-refractivity contribution in [2.75, 3.05) is 14.7 Å². The van der Waals surface area contributed by atoms with Crippen molar-refractivity contribution in [1.82, 2.24) is 0 Å². The topological polar surface area (TPSA) is 22.9 Å².